The van der Waals surface area contributed by atoms with Crippen molar-refractivity contribution < 1.29 is 9.47 Å². The Morgan fingerprint density at radius 1 is 1.26 bits per heavy atom. The zero-order valence-electron chi connectivity index (χ0n) is 10.9. The van der Waals surface area contributed by atoms with Crippen LogP contribution in [0.4, 0.5) is 0 Å². The molecule has 0 fully saturated rings. The number of aryl methyl sites for hydroxylation is 1. The summed E-state index contributed by atoms with van der Waals surface area (Å²) in [5.74, 6) is 1.58. The molecule has 2 N–H and O–H groups in total. The van der Waals surface area contributed by atoms with E-state index in [2.05, 4.69) is 5.10 Å². The van der Waals surface area contributed by atoms with Crippen molar-refractivity contribution in [1.29, 1.82) is 0 Å². The van der Waals surface area contributed by atoms with Gasteiger partial charge in [-0.3, -0.25) is 4.68 Å². The monoisotopic (exact) mass is 259 g/mol. The Morgan fingerprint density at radius 3 is 2.84 bits per heavy atom. The van der Waals surface area contributed by atoms with E-state index >= 15 is 0 Å². The standard InChI is InChI=1S/C14H17N3O2/c1-17-9-11(8-15)14(16-17)10-3-4-12-13(7-10)19-6-2-5-18-12/h3-4,7,9H,2,5-6,8,15H2,1H3. The summed E-state index contributed by atoms with van der Waals surface area (Å²) in [5.41, 5.74) is 8.69. The summed E-state index contributed by atoms with van der Waals surface area (Å²) in [6.45, 7) is 1.85. The molecule has 2 heterocycles. The van der Waals surface area contributed by atoms with Crippen molar-refractivity contribution in [3.63, 3.8) is 0 Å². The molecule has 1 aromatic heterocycles. The minimum Gasteiger partial charge on any atom is -0.490 e. The van der Waals surface area contributed by atoms with Gasteiger partial charge in [0.05, 0.1) is 18.9 Å². The molecule has 0 spiro atoms. The second kappa shape index (κ2) is 4.93. The fourth-order valence-corrected chi connectivity index (χ4v) is 2.24. The summed E-state index contributed by atoms with van der Waals surface area (Å²) in [6.07, 6.45) is 2.85. The van der Waals surface area contributed by atoms with Crippen molar-refractivity contribution in [3.05, 3.63) is 30.0 Å². The summed E-state index contributed by atoms with van der Waals surface area (Å²) in [5, 5.41) is 4.46. The first-order valence-electron chi connectivity index (χ1n) is 6.40. The molecule has 19 heavy (non-hydrogen) atoms. The lowest BCUT2D eigenvalue weighted by atomic mass is 10.1. The second-order valence-electron chi connectivity index (χ2n) is 4.59. The first kappa shape index (κ1) is 12.0. The average molecular weight is 259 g/mol. The molecule has 0 aliphatic carbocycles. The molecule has 3 rings (SSSR count). The van der Waals surface area contributed by atoms with Crippen LogP contribution in [-0.4, -0.2) is 23.0 Å². The minimum atomic E-state index is 0.470. The van der Waals surface area contributed by atoms with Gasteiger partial charge in [-0.25, -0.2) is 0 Å². The highest BCUT2D eigenvalue weighted by Crippen LogP contribution is 2.34. The number of aromatic nitrogens is 2. The van der Waals surface area contributed by atoms with Gasteiger partial charge in [0.2, 0.25) is 0 Å². The van der Waals surface area contributed by atoms with Gasteiger partial charge < -0.3 is 15.2 Å². The number of rotatable bonds is 2. The lowest BCUT2D eigenvalue weighted by Crippen LogP contribution is -1.97. The SMILES string of the molecule is Cn1cc(CN)c(-c2ccc3c(c2)OCCCO3)n1. The molecule has 1 aliphatic rings. The quantitative estimate of drug-likeness (QED) is 0.891. The van der Waals surface area contributed by atoms with Crippen LogP contribution in [0.15, 0.2) is 24.4 Å². The van der Waals surface area contributed by atoms with Crippen molar-refractivity contribution in [2.75, 3.05) is 13.2 Å². The first-order chi connectivity index (χ1) is 9.28. The summed E-state index contributed by atoms with van der Waals surface area (Å²) in [4.78, 5) is 0. The van der Waals surface area contributed by atoms with E-state index in [1.165, 1.54) is 0 Å². The van der Waals surface area contributed by atoms with Gasteiger partial charge in [-0.05, 0) is 18.2 Å². The predicted molar refractivity (Wildman–Crippen MR) is 72.1 cm³/mol. The third kappa shape index (κ3) is 2.29. The number of hydrogen-bond donors (Lipinski definition) is 1. The highest BCUT2D eigenvalue weighted by atomic mass is 16.5. The van der Waals surface area contributed by atoms with Crippen LogP contribution in [0, 0.1) is 0 Å². The van der Waals surface area contributed by atoms with Crippen LogP contribution in [0.25, 0.3) is 11.3 Å². The Balaban J connectivity index is 2.03. The number of hydrogen-bond acceptors (Lipinski definition) is 4. The summed E-state index contributed by atoms with van der Waals surface area (Å²) in [6, 6.07) is 5.90. The van der Waals surface area contributed by atoms with Gasteiger partial charge in [0.1, 0.15) is 0 Å². The molecule has 0 radical (unpaired) electrons. The zero-order valence-corrected chi connectivity index (χ0v) is 10.9. The van der Waals surface area contributed by atoms with Gasteiger partial charge in [0.25, 0.3) is 0 Å². The molecular formula is C14H17N3O2. The number of benzene rings is 1. The van der Waals surface area contributed by atoms with E-state index in [0.717, 1.165) is 34.7 Å². The van der Waals surface area contributed by atoms with Gasteiger partial charge in [-0.2, -0.15) is 5.10 Å². The lowest BCUT2D eigenvalue weighted by molar-refractivity contribution is 0.297. The van der Waals surface area contributed by atoms with Crippen LogP contribution in [-0.2, 0) is 13.6 Å². The molecule has 1 aromatic carbocycles. The normalized spacial score (nSPS) is 14.2. The van der Waals surface area contributed by atoms with Crippen LogP contribution in [0.2, 0.25) is 0 Å². The maximum Gasteiger partial charge on any atom is 0.161 e. The third-order valence-electron chi connectivity index (χ3n) is 3.15. The van der Waals surface area contributed by atoms with Crippen molar-refractivity contribution in [1.82, 2.24) is 9.78 Å². The molecule has 0 saturated carbocycles. The molecule has 1 aliphatic heterocycles. The molecule has 0 atom stereocenters. The van der Waals surface area contributed by atoms with E-state index in [9.17, 15) is 0 Å². The number of ether oxygens (including phenoxy) is 2. The topological polar surface area (TPSA) is 62.3 Å². The van der Waals surface area contributed by atoms with Crippen molar-refractivity contribution in [2.45, 2.75) is 13.0 Å². The Kier molecular flexibility index (Phi) is 3.13. The van der Waals surface area contributed by atoms with Gasteiger partial charge in [0, 0.05) is 37.3 Å². The van der Waals surface area contributed by atoms with E-state index in [1.807, 2.05) is 31.4 Å². The molecule has 5 heteroatoms. The largest absolute Gasteiger partial charge is 0.490 e. The Morgan fingerprint density at radius 2 is 2.05 bits per heavy atom. The molecule has 100 valence electrons. The summed E-state index contributed by atoms with van der Waals surface area (Å²) >= 11 is 0. The van der Waals surface area contributed by atoms with E-state index in [-0.39, 0.29) is 0 Å². The van der Waals surface area contributed by atoms with Crippen LogP contribution in [0.3, 0.4) is 0 Å². The lowest BCUT2D eigenvalue weighted by Gasteiger charge is -2.08. The van der Waals surface area contributed by atoms with E-state index < -0.39 is 0 Å². The van der Waals surface area contributed by atoms with Crippen molar-refractivity contribution in [2.24, 2.45) is 12.8 Å². The van der Waals surface area contributed by atoms with E-state index in [1.54, 1.807) is 4.68 Å². The zero-order chi connectivity index (χ0) is 13.2. The van der Waals surface area contributed by atoms with E-state index in [4.69, 9.17) is 15.2 Å². The van der Waals surface area contributed by atoms with Crippen LogP contribution < -0.4 is 15.2 Å². The fourth-order valence-electron chi connectivity index (χ4n) is 2.24. The Bertz CT molecular complexity index is 592. The van der Waals surface area contributed by atoms with E-state index in [0.29, 0.717) is 19.8 Å². The van der Waals surface area contributed by atoms with Gasteiger partial charge in [-0.1, -0.05) is 0 Å². The molecule has 0 bridgehead atoms. The Labute approximate surface area is 111 Å². The predicted octanol–water partition coefficient (Wildman–Crippen LogP) is 1.71. The third-order valence-corrected chi connectivity index (χ3v) is 3.15. The van der Waals surface area contributed by atoms with Crippen LogP contribution in [0.5, 0.6) is 11.5 Å². The van der Waals surface area contributed by atoms with Crippen molar-refractivity contribution in [3.8, 4) is 22.8 Å². The fraction of sp³-hybridized carbons (Fsp3) is 0.357. The molecule has 0 saturated heterocycles. The molecule has 0 amide bonds. The first-order valence-corrected chi connectivity index (χ1v) is 6.40. The number of nitrogens with two attached hydrogens (primary N) is 1. The van der Waals surface area contributed by atoms with Crippen LogP contribution >= 0.6 is 0 Å². The number of nitrogens with zero attached hydrogens (tertiary/aromatic N) is 2. The maximum atomic E-state index is 5.75. The van der Waals surface area contributed by atoms with Crippen LogP contribution in [0.1, 0.15) is 12.0 Å². The summed E-state index contributed by atoms with van der Waals surface area (Å²) in [7, 11) is 1.89. The molecule has 5 nitrogen and oxygen atoms in total. The van der Waals surface area contributed by atoms with Gasteiger partial charge in [0.15, 0.2) is 11.5 Å². The highest BCUT2D eigenvalue weighted by Gasteiger charge is 2.14. The number of fused-ring (bicyclic) bond motifs is 1. The second-order valence-corrected chi connectivity index (χ2v) is 4.59. The average Bonchev–Trinajstić information content (AvgIpc) is 2.66. The molecule has 0 unspecified atom stereocenters. The minimum absolute atomic E-state index is 0.470. The van der Waals surface area contributed by atoms with Gasteiger partial charge >= 0.3 is 0 Å². The van der Waals surface area contributed by atoms with Crippen molar-refractivity contribution >= 4 is 0 Å². The maximum absolute atomic E-state index is 5.75. The summed E-state index contributed by atoms with van der Waals surface area (Å²) < 4.78 is 13.1. The molecular weight excluding hydrogens is 242 g/mol. The van der Waals surface area contributed by atoms with Gasteiger partial charge in [-0.15, -0.1) is 0 Å². The molecule has 2 aromatic rings. The smallest absolute Gasteiger partial charge is 0.161 e. The highest BCUT2D eigenvalue weighted by molar-refractivity contribution is 5.66. The Hall–Kier alpha value is -2.01.